The van der Waals surface area contributed by atoms with Crippen molar-refractivity contribution >= 4 is 32.6 Å². The molecule has 2 heterocycles. The molecular weight excluding hydrogens is 643 g/mol. The quantitative estimate of drug-likeness (QED) is 0.176. The normalized spacial score (nSPS) is 11.4. The molecule has 0 radical (unpaired) electrons. The van der Waals surface area contributed by atoms with Crippen LogP contribution < -0.4 is 0 Å². The second-order valence-corrected chi connectivity index (χ2v) is 13.4. The van der Waals surface area contributed by atoms with Gasteiger partial charge in [0.1, 0.15) is 0 Å². The lowest BCUT2D eigenvalue weighted by Crippen LogP contribution is -1.96. The molecule has 0 saturated carbocycles. The van der Waals surface area contributed by atoms with Crippen molar-refractivity contribution in [2.24, 2.45) is 0 Å². The third-order valence-electron chi connectivity index (χ3n) is 10.2. The average Bonchev–Trinajstić information content (AvgIpc) is 3.58. The van der Waals surface area contributed by atoms with Crippen molar-refractivity contribution in [2.75, 3.05) is 0 Å². The molecule has 0 fully saturated rings. The first-order valence-corrected chi connectivity index (χ1v) is 18.0. The minimum Gasteiger partial charge on any atom is -0.309 e. The number of fused-ring (bicyclic) bond motifs is 4. The molecule has 0 aliphatic rings. The van der Waals surface area contributed by atoms with E-state index in [0.717, 1.165) is 39.3 Å². The van der Waals surface area contributed by atoms with Crippen molar-refractivity contribution in [3.63, 3.8) is 0 Å². The van der Waals surface area contributed by atoms with Crippen molar-refractivity contribution in [3.05, 3.63) is 200 Å². The van der Waals surface area contributed by atoms with Gasteiger partial charge in [0.05, 0.1) is 22.4 Å². The van der Waals surface area contributed by atoms with Gasteiger partial charge in [0, 0.05) is 33.2 Å². The summed E-state index contributed by atoms with van der Waals surface area (Å²) in [7, 11) is 0. The molecule has 2 aromatic heterocycles. The Hall–Kier alpha value is -7.10. The molecule has 10 aromatic rings. The standard InChI is InChI=1S/C50H33N3/c1-3-14-36(15-4-1)46-33-47(37-16-5-2-6-17-37)52-50(51-46)38-25-23-35(24-26-38)42-19-9-10-20-43(42)40-28-30-49-45(32-40)44-21-11-12-22-48(44)53(49)41-29-27-34-13-7-8-18-39(34)31-41/h1-33H. The van der Waals surface area contributed by atoms with Crippen LogP contribution in [0.5, 0.6) is 0 Å². The van der Waals surface area contributed by atoms with Gasteiger partial charge in [-0.1, -0.05) is 164 Å². The van der Waals surface area contributed by atoms with Crippen molar-refractivity contribution in [1.29, 1.82) is 0 Å². The van der Waals surface area contributed by atoms with E-state index in [9.17, 15) is 0 Å². The number of rotatable bonds is 6. The van der Waals surface area contributed by atoms with Gasteiger partial charge >= 0.3 is 0 Å². The maximum atomic E-state index is 5.05. The van der Waals surface area contributed by atoms with Crippen LogP contribution in [0.4, 0.5) is 0 Å². The van der Waals surface area contributed by atoms with Gasteiger partial charge in [-0.2, -0.15) is 0 Å². The Bertz CT molecular complexity index is 2870. The van der Waals surface area contributed by atoms with Crippen LogP contribution in [0.2, 0.25) is 0 Å². The Morgan fingerprint density at radius 1 is 0.321 bits per heavy atom. The molecule has 0 unspecified atom stereocenters. The zero-order valence-corrected chi connectivity index (χ0v) is 28.9. The summed E-state index contributed by atoms with van der Waals surface area (Å²) < 4.78 is 2.39. The summed E-state index contributed by atoms with van der Waals surface area (Å²) >= 11 is 0. The van der Waals surface area contributed by atoms with E-state index in [1.165, 1.54) is 49.3 Å². The summed E-state index contributed by atoms with van der Waals surface area (Å²) in [6, 6.07) is 71.0. The number of hydrogen-bond acceptors (Lipinski definition) is 2. The minimum absolute atomic E-state index is 0.707. The molecule has 0 atom stereocenters. The molecule has 8 aromatic carbocycles. The molecule has 0 N–H and O–H groups in total. The highest BCUT2D eigenvalue weighted by Crippen LogP contribution is 2.39. The van der Waals surface area contributed by atoms with E-state index < -0.39 is 0 Å². The van der Waals surface area contributed by atoms with Gasteiger partial charge in [0.25, 0.3) is 0 Å². The van der Waals surface area contributed by atoms with Gasteiger partial charge in [-0.3, -0.25) is 0 Å². The molecule has 53 heavy (non-hydrogen) atoms. The summed E-state index contributed by atoms with van der Waals surface area (Å²) in [6.07, 6.45) is 0. The van der Waals surface area contributed by atoms with E-state index in [-0.39, 0.29) is 0 Å². The molecule has 0 amide bonds. The van der Waals surface area contributed by atoms with Gasteiger partial charge in [-0.15, -0.1) is 0 Å². The van der Waals surface area contributed by atoms with Crippen LogP contribution in [0.3, 0.4) is 0 Å². The van der Waals surface area contributed by atoms with Crippen LogP contribution >= 0.6 is 0 Å². The first-order chi connectivity index (χ1) is 26.3. The summed E-state index contributed by atoms with van der Waals surface area (Å²) in [5, 5.41) is 4.96. The first-order valence-electron chi connectivity index (χ1n) is 18.0. The zero-order valence-electron chi connectivity index (χ0n) is 28.9. The van der Waals surface area contributed by atoms with Crippen LogP contribution in [-0.4, -0.2) is 14.5 Å². The molecule has 248 valence electrons. The van der Waals surface area contributed by atoms with E-state index in [1.807, 2.05) is 36.4 Å². The monoisotopic (exact) mass is 675 g/mol. The van der Waals surface area contributed by atoms with E-state index in [4.69, 9.17) is 9.97 Å². The van der Waals surface area contributed by atoms with Crippen molar-refractivity contribution in [1.82, 2.24) is 14.5 Å². The third kappa shape index (κ3) is 5.56. The van der Waals surface area contributed by atoms with Crippen LogP contribution in [-0.2, 0) is 0 Å². The topological polar surface area (TPSA) is 30.7 Å². The Balaban J connectivity index is 1.05. The highest BCUT2D eigenvalue weighted by molar-refractivity contribution is 6.11. The summed E-state index contributed by atoms with van der Waals surface area (Å²) in [4.78, 5) is 10.1. The molecular formula is C50H33N3. The Kier molecular flexibility index (Phi) is 7.47. The predicted octanol–water partition coefficient (Wildman–Crippen LogP) is 13.1. The number of aromatic nitrogens is 3. The van der Waals surface area contributed by atoms with Gasteiger partial charge in [-0.25, -0.2) is 9.97 Å². The molecule has 10 rings (SSSR count). The SMILES string of the molecule is c1ccc(-c2cc(-c3ccccc3)nc(-c3ccc(-c4ccccc4-c4ccc5c(c4)c4ccccc4n5-c4ccc5ccccc5c4)cc3)n2)cc1. The van der Waals surface area contributed by atoms with E-state index in [1.54, 1.807) is 0 Å². The lowest BCUT2D eigenvalue weighted by molar-refractivity contribution is 1.18. The Morgan fingerprint density at radius 3 is 1.58 bits per heavy atom. The van der Waals surface area contributed by atoms with E-state index in [2.05, 4.69) is 168 Å². The van der Waals surface area contributed by atoms with Crippen LogP contribution in [0.15, 0.2) is 200 Å². The average molecular weight is 676 g/mol. The van der Waals surface area contributed by atoms with Crippen molar-refractivity contribution < 1.29 is 0 Å². The minimum atomic E-state index is 0.707. The molecule has 3 nitrogen and oxygen atoms in total. The fourth-order valence-corrected chi connectivity index (χ4v) is 7.61. The van der Waals surface area contributed by atoms with Gasteiger partial charge in [0.2, 0.25) is 0 Å². The van der Waals surface area contributed by atoms with Crippen molar-refractivity contribution in [3.8, 4) is 61.8 Å². The molecule has 3 heteroatoms. The number of hydrogen-bond donors (Lipinski definition) is 0. The second-order valence-electron chi connectivity index (χ2n) is 13.4. The molecule has 0 spiro atoms. The smallest absolute Gasteiger partial charge is 0.160 e. The molecule has 0 aliphatic carbocycles. The van der Waals surface area contributed by atoms with E-state index in [0.29, 0.717) is 5.82 Å². The summed E-state index contributed by atoms with van der Waals surface area (Å²) in [6.45, 7) is 0. The summed E-state index contributed by atoms with van der Waals surface area (Å²) in [5.74, 6) is 0.707. The second kappa shape index (κ2) is 12.9. The van der Waals surface area contributed by atoms with Crippen LogP contribution in [0, 0.1) is 0 Å². The third-order valence-corrected chi connectivity index (χ3v) is 10.2. The van der Waals surface area contributed by atoms with Crippen LogP contribution in [0.1, 0.15) is 0 Å². The number of benzene rings is 8. The zero-order chi connectivity index (χ0) is 35.1. The number of para-hydroxylation sites is 1. The maximum Gasteiger partial charge on any atom is 0.160 e. The number of nitrogens with zero attached hydrogens (tertiary/aromatic N) is 3. The maximum absolute atomic E-state index is 5.05. The lowest BCUT2D eigenvalue weighted by Gasteiger charge is -2.13. The largest absolute Gasteiger partial charge is 0.309 e. The van der Waals surface area contributed by atoms with Gasteiger partial charge < -0.3 is 4.57 Å². The van der Waals surface area contributed by atoms with E-state index >= 15 is 0 Å². The Morgan fingerprint density at radius 2 is 0.868 bits per heavy atom. The highest BCUT2D eigenvalue weighted by Gasteiger charge is 2.16. The first kappa shape index (κ1) is 30.7. The molecule has 0 bridgehead atoms. The fourth-order valence-electron chi connectivity index (χ4n) is 7.61. The van der Waals surface area contributed by atoms with Crippen LogP contribution in [0.25, 0.3) is 94.4 Å². The van der Waals surface area contributed by atoms with Gasteiger partial charge in [-0.05, 0) is 69.4 Å². The predicted molar refractivity (Wildman–Crippen MR) is 221 cm³/mol. The Labute approximate surface area is 308 Å². The van der Waals surface area contributed by atoms with Crippen molar-refractivity contribution in [2.45, 2.75) is 0 Å². The molecule has 0 saturated heterocycles. The molecule has 0 aliphatic heterocycles. The van der Waals surface area contributed by atoms with Gasteiger partial charge in [0.15, 0.2) is 5.82 Å². The fraction of sp³-hybridized carbons (Fsp3) is 0. The lowest BCUT2D eigenvalue weighted by atomic mass is 9.93. The summed E-state index contributed by atoms with van der Waals surface area (Å²) in [5.41, 5.74) is 13.2. The highest BCUT2D eigenvalue weighted by atomic mass is 15.0.